The summed E-state index contributed by atoms with van der Waals surface area (Å²) in [4.78, 5) is 17.0. The van der Waals surface area contributed by atoms with Crippen LogP contribution >= 0.6 is 23.1 Å². The minimum atomic E-state index is -0.299. The van der Waals surface area contributed by atoms with E-state index in [1.807, 2.05) is 6.20 Å². The standard InChI is InChI=1S/C21H25N5OS2/c1-13(2)14-3-7-16(8-4-14)20-23-11-17(29-20)12-28-21-25-24-19(15-5-6-15)26(21)10-9-18(22)27/h3-4,7-8,11,13,15H,5-6,9-10,12H2,1-2H3,(H2,22,27). The number of rotatable bonds is 9. The van der Waals surface area contributed by atoms with Gasteiger partial charge in [0.05, 0.1) is 0 Å². The molecule has 1 aliphatic rings. The zero-order valence-corrected chi connectivity index (χ0v) is 18.3. The summed E-state index contributed by atoms with van der Waals surface area (Å²) in [5, 5.41) is 10.6. The second kappa shape index (κ2) is 8.67. The average Bonchev–Trinajstić information content (AvgIpc) is 3.30. The Kier molecular flexibility index (Phi) is 6.01. The van der Waals surface area contributed by atoms with Crippen LogP contribution in [0, 0.1) is 0 Å². The Hall–Kier alpha value is -2.19. The molecule has 0 aliphatic heterocycles. The van der Waals surface area contributed by atoms with Crippen LogP contribution in [0.5, 0.6) is 0 Å². The highest BCUT2D eigenvalue weighted by Crippen LogP contribution is 2.40. The number of benzene rings is 1. The minimum absolute atomic E-state index is 0.299. The van der Waals surface area contributed by atoms with Gasteiger partial charge in [0.25, 0.3) is 0 Å². The lowest BCUT2D eigenvalue weighted by molar-refractivity contribution is -0.118. The third-order valence-electron chi connectivity index (χ3n) is 4.99. The molecule has 3 aromatic rings. The van der Waals surface area contributed by atoms with Gasteiger partial charge in [-0.3, -0.25) is 4.79 Å². The smallest absolute Gasteiger partial charge is 0.219 e. The molecule has 0 bridgehead atoms. The summed E-state index contributed by atoms with van der Waals surface area (Å²) < 4.78 is 2.07. The van der Waals surface area contributed by atoms with Gasteiger partial charge < -0.3 is 10.3 Å². The zero-order chi connectivity index (χ0) is 20.4. The first-order chi connectivity index (χ1) is 14.0. The van der Waals surface area contributed by atoms with Gasteiger partial charge in [-0.05, 0) is 24.3 Å². The quantitative estimate of drug-likeness (QED) is 0.506. The zero-order valence-electron chi connectivity index (χ0n) is 16.7. The molecule has 1 saturated carbocycles. The molecule has 0 unspecified atom stereocenters. The highest BCUT2D eigenvalue weighted by Gasteiger charge is 2.30. The topological polar surface area (TPSA) is 86.7 Å². The van der Waals surface area contributed by atoms with Crippen molar-refractivity contribution >= 4 is 29.0 Å². The van der Waals surface area contributed by atoms with Gasteiger partial charge in [0, 0.05) is 41.3 Å². The molecule has 0 atom stereocenters. The number of primary amides is 1. The van der Waals surface area contributed by atoms with Gasteiger partial charge in [-0.25, -0.2) is 4.98 Å². The average molecular weight is 428 g/mol. The molecule has 4 rings (SSSR count). The lowest BCUT2D eigenvalue weighted by Gasteiger charge is -2.08. The van der Waals surface area contributed by atoms with Crippen molar-refractivity contribution in [3.05, 3.63) is 46.7 Å². The largest absolute Gasteiger partial charge is 0.370 e. The SMILES string of the molecule is CC(C)c1ccc(-c2ncc(CSc3nnc(C4CC4)n3CCC(N)=O)s2)cc1. The molecular formula is C21H25N5OS2. The molecule has 2 heterocycles. The molecule has 6 nitrogen and oxygen atoms in total. The summed E-state index contributed by atoms with van der Waals surface area (Å²) in [6.07, 6.45) is 4.54. The van der Waals surface area contributed by atoms with Crippen LogP contribution < -0.4 is 5.73 Å². The van der Waals surface area contributed by atoms with E-state index in [1.54, 1.807) is 23.1 Å². The molecular weight excluding hydrogens is 402 g/mol. The van der Waals surface area contributed by atoms with E-state index in [0.717, 1.165) is 40.1 Å². The lowest BCUT2D eigenvalue weighted by Crippen LogP contribution is -2.15. The molecule has 152 valence electrons. The van der Waals surface area contributed by atoms with Crippen LogP contribution in [0.1, 0.15) is 61.2 Å². The monoisotopic (exact) mass is 427 g/mol. The maximum atomic E-state index is 11.2. The van der Waals surface area contributed by atoms with E-state index in [1.165, 1.54) is 10.4 Å². The Morgan fingerprint density at radius 2 is 2.03 bits per heavy atom. The highest BCUT2D eigenvalue weighted by atomic mass is 32.2. The van der Waals surface area contributed by atoms with Crippen LogP contribution in [-0.2, 0) is 17.1 Å². The molecule has 1 aliphatic carbocycles. The molecule has 2 N–H and O–H groups in total. The van der Waals surface area contributed by atoms with Crippen molar-refractivity contribution in [3.8, 4) is 10.6 Å². The van der Waals surface area contributed by atoms with Crippen molar-refractivity contribution in [3.63, 3.8) is 0 Å². The summed E-state index contributed by atoms with van der Waals surface area (Å²) in [7, 11) is 0. The Balaban J connectivity index is 1.44. The van der Waals surface area contributed by atoms with E-state index in [-0.39, 0.29) is 5.91 Å². The van der Waals surface area contributed by atoms with Gasteiger partial charge in [0.15, 0.2) is 5.16 Å². The number of nitrogens with zero attached hydrogens (tertiary/aromatic N) is 4. The summed E-state index contributed by atoms with van der Waals surface area (Å²) in [6.45, 7) is 4.95. The van der Waals surface area contributed by atoms with E-state index in [2.05, 4.69) is 57.9 Å². The third kappa shape index (κ3) is 4.87. The van der Waals surface area contributed by atoms with Crippen molar-refractivity contribution in [2.24, 2.45) is 5.73 Å². The molecule has 0 radical (unpaired) electrons. The number of thioether (sulfide) groups is 1. The number of thiazole rings is 1. The van der Waals surface area contributed by atoms with Crippen molar-refractivity contribution < 1.29 is 4.79 Å². The number of aromatic nitrogens is 4. The fourth-order valence-corrected chi connectivity index (χ4v) is 5.05. The van der Waals surface area contributed by atoms with Crippen LogP contribution in [-0.4, -0.2) is 25.7 Å². The van der Waals surface area contributed by atoms with Gasteiger partial charge in [0.2, 0.25) is 5.91 Å². The summed E-state index contributed by atoms with van der Waals surface area (Å²) in [5.74, 6) is 2.48. The van der Waals surface area contributed by atoms with Crippen molar-refractivity contribution in [2.45, 2.75) is 62.4 Å². The normalized spacial score (nSPS) is 13.9. The molecule has 2 aromatic heterocycles. The maximum absolute atomic E-state index is 11.2. The number of nitrogens with two attached hydrogens (primary N) is 1. The maximum Gasteiger partial charge on any atom is 0.219 e. The van der Waals surface area contributed by atoms with Crippen LogP contribution in [0.15, 0.2) is 35.6 Å². The van der Waals surface area contributed by atoms with E-state index >= 15 is 0 Å². The Bertz CT molecular complexity index is 989. The fraction of sp³-hybridized carbons (Fsp3) is 0.429. The van der Waals surface area contributed by atoms with Gasteiger partial charge in [-0.1, -0.05) is 49.9 Å². The Morgan fingerprint density at radius 1 is 1.28 bits per heavy atom. The predicted molar refractivity (Wildman–Crippen MR) is 117 cm³/mol. The van der Waals surface area contributed by atoms with Gasteiger partial charge in [-0.2, -0.15) is 0 Å². The minimum Gasteiger partial charge on any atom is -0.370 e. The molecule has 1 fully saturated rings. The molecule has 0 saturated heterocycles. The number of hydrogen-bond donors (Lipinski definition) is 1. The van der Waals surface area contributed by atoms with Crippen molar-refractivity contribution in [1.29, 1.82) is 0 Å². The van der Waals surface area contributed by atoms with Crippen LogP contribution in [0.2, 0.25) is 0 Å². The molecule has 29 heavy (non-hydrogen) atoms. The summed E-state index contributed by atoms with van der Waals surface area (Å²) in [6, 6.07) is 8.65. The van der Waals surface area contributed by atoms with Gasteiger partial charge in [0.1, 0.15) is 10.8 Å². The first-order valence-corrected chi connectivity index (χ1v) is 11.7. The molecule has 1 aromatic carbocycles. The van der Waals surface area contributed by atoms with Gasteiger partial charge in [-0.15, -0.1) is 21.5 Å². The van der Waals surface area contributed by atoms with Crippen LogP contribution in [0.3, 0.4) is 0 Å². The van der Waals surface area contributed by atoms with E-state index in [0.29, 0.717) is 24.8 Å². The number of amides is 1. The molecule has 8 heteroatoms. The Labute approximate surface area is 179 Å². The van der Waals surface area contributed by atoms with E-state index in [4.69, 9.17) is 5.73 Å². The predicted octanol–water partition coefficient (Wildman–Crippen LogP) is 4.57. The first-order valence-electron chi connectivity index (χ1n) is 9.90. The number of carbonyl (C=O) groups excluding carboxylic acids is 1. The van der Waals surface area contributed by atoms with Crippen molar-refractivity contribution in [2.75, 3.05) is 0 Å². The molecule has 0 spiro atoms. The van der Waals surface area contributed by atoms with Crippen molar-refractivity contribution in [1.82, 2.24) is 19.7 Å². The molecule has 1 amide bonds. The fourth-order valence-electron chi connectivity index (χ4n) is 3.14. The Morgan fingerprint density at radius 3 is 2.69 bits per heavy atom. The summed E-state index contributed by atoms with van der Waals surface area (Å²) in [5.41, 5.74) is 7.83. The van der Waals surface area contributed by atoms with E-state index in [9.17, 15) is 4.79 Å². The first kappa shape index (κ1) is 20.1. The van der Waals surface area contributed by atoms with Crippen LogP contribution in [0.4, 0.5) is 0 Å². The number of hydrogen-bond acceptors (Lipinski definition) is 6. The summed E-state index contributed by atoms with van der Waals surface area (Å²) >= 11 is 3.35. The van der Waals surface area contributed by atoms with Gasteiger partial charge >= 0.3 is 0 Å². The second-order valence-electron chi connectivity index (χ2n) is 7.68. The second-order valence-corrected chi connectivity index (χ2v) is 9.74. The highest BCUT2D eigenvalue weighted by molar-refractivity contribution is 7.98. The van der Waals surface area contributed by atoms with Crippen LogP contribution in [0.25, 0.3) is 10.6 Å². The van der Waals surface area contributed by atoms with E-state index < -0.39 is 0 Å². The lowest BCUT2D eigenvalue weighted by atomic mass is 10.0. The number of carbonyl (C=O) groups is 1. The third-order valence-corrected chi connectivity index (χ3v) is 7.24.